The molecule has 0 spiro atoms. The topological polar surface area (TPSA) is 49.9 Å². The van der Waals surface area contributed by atoms with E-state index in [9.17, 15) is 9.59 Å². The number of imide groups is 1. The molecule has 6 heteroatoms. The van der Waals surface area contributed by atoms with Crippen molar-refractivity contribution in [3.63, 3.8) is 0 Å². The van der Waals surface area contributed by atoms with E-state index in [2.05, 4.69) is 0 Å². The lowest BCUT2D eigenvalue weighted by molar-refractivity contribution is -0.111. The van der Waals surface area contributed by atoms with E-state index in [0.717, 1.165) is 4.90 Å². The molecule has 110 valence electrons. The summed E-state index contributed by atoms with van der Waals surface area (Å²) < 4.78 is 5.25. The molecule has 0 aliphatic carbocycles. The molecule has 1 heterocycles. The SMILES string of the molecule is COc1ccccc1N1C(=O)N(c2ccccc2)C(=O)C1=S. The van der Waals surface area contributed by atoms with Crippen molar-refractivity contribution in [2.75, 3.05) is 16.9 Å². The van der Waals surface area contributed by atoms with Crippen LogP contribution in [0.25, 0.3) is 0 Å². The van der Waals surface area contributed by atoms with Gasteiger partial charge in [-0.2, -0.15) is 0 Å². The van der Waals surface area contributed by atoms with Gasteiger partial charge in [-0.05, 0) is 24.3 Å². The maximum atomic E-state index is 12.7. The minimum absolute atomic E-state index is 0.0710. The van der Waals surface area contributed by atoms with Gasteiger partial charge in [0.2, 0.25) is 0 Å². The summed E-state index contributed by atoms with van der Waals surface area (Å²) in [5.41, 5.74) is 0.934. The lowest BCUT2D eigenvalue weighted by Gasteiger charge is -2.18. The second kappa shape index (κ2) is 5.57. The molecule has 0 unspecified atom stereocenters. The molecule has 1 aliphatic rings. The maximum Gasteiger partial charge on any atom is 0.341 e. The summed E-state index contributed by atoms with van der Waals surface area (Å²) in [6.45, 7) is 0. The summed E-state index contributed by atoms with van der Waals surface area (Å²) in [7, 11) is 1.50. The first-order chi connectivity index (χ1) is 10.6. The Morgan fingerprint density at radius 1 is 0.909 bits per heavy atom. The zero-order chi connectivity index (χ0) is 15.7. The number of carbonyl (C=O) groups excluding carboxylic acids is 2. The highest BCUT2D eigenvalue weighted by Crippen LogP contribution is 2.33. The van der Waals surface area contributed by atoms with Crippen LogP contribution < -0.4 is 14.5 Å². The van der Waals surface area contributed by atoms with Gasteiger partial charge in [-0.15, -0.1) is 0 Å². The molecule has 22 heavy (non-hydrogen) atoms. The van der Waals surface area contributed by atoms with Crippen molar-refractivity contribution < 1.29 is 14.3 Å². The van der Waals surface area contributed by atoms with E-state index in [1.165, 1.54) is 12.0 Å². The second-order valence-electron chi connectivity index (χ2n) is 4.57. The van der Waals surface area contributed by atoms with Crippen LogP contribution in [-0.2, 0) is 4.79 Å². The predicted octanol–water partition coefficient (Wildman–Crippen LogP) is 3.00. The smallest absolute Gasteiger partial charge is 0.341 e. The van der Waals surface area contributed by atoms with Crippen LogP contribution in [0.15, 0.2) is 54.6 Å². The molecule has 1 aliphatic heterocycles. The summed E-state index contributed by atoms with van der Waals surface area (Å²) in [5.74, 6) is -0.0435. The summed E-state index contributed by atoms with van der Waals surface area (Å²) in [5, 5.41) is 0. The molecule has 0 aromatic heterocycles. The number of rotatable bonds is 3. The molecule has 3 amide bonds. The summed E-state index contributed by atoms with van der Waals surface area (Å²) in [6, 6.07) is 15.1. The Balaban J connectivity index is 2.06. The fraction of sp³-hybridized carbons (Fsp3) is 0.0625. The monoisotopic (exact) mass is 312 g/mol. The molecule has 0 bridgehead atoms. The fourth-order valence-electron chi connectivity index (χ4n) is 2.30. The highest BCUT2D eigenvalue weighted by Gasteiger charge is 2.44. The third-order valence-electron chi connectivity index (χ3n) is 3.31. The van der Waals surface area contributed by atoms with E-state index in [4.69, 9.17) is 17.0 Å². The van der Waals surface area contributed by atoms with Gasteiger partial charge in [0.15, 0.2) is 4.99 Å². The molecular weight excluding hydrogens is 300 g/mol. The Labute approximate surface area is 132 Å². The van der Waals surface area contributed by atoms with Crippen molar-refractivity contribution >= 4 is 40.5 Å². The molecule has 1 saturated heterocycles. The van der Waals surface area contributed by atoms with E-state index in [0.29, 0.717) is 17.1 Å². The van der Waals surface area contributed by atoms with Gasteiger partial charge in [0.25, 0.3) is 5.91 Å². The minimum atomic E-state index is -0.517. The molecule has 2 aromatic carbocycles. The van der Waals surface area contributed by atoms with E-state index in [1.807, 2.05) is 6.07 Å². The van der Waals surface area contributed by atoms with Crippen LogP contribution >= 0.6 is 12.2 Å². The second-order valence-corrected chi connectivity index (χ2v) is 4.96. The van der Waals surface area contributed by atoms with Crippen LogP contribution in [-0.4, -0.2) is 24.0 Å². The first-order valence-corrected chi connectivity index (χ1v) is 6.96. The largest absolute Gasteiger partial charge is 0.495 e. The number of methoxy groups -OCH3 is 1. The molecule has 5 nitrogen and oxygen atoms in total. The van der Waals surface area contributed by atoms with Gasteiger partial charge in [0.05, 0.1) is 18.5 Å². The van der Waals surface area contributed by atoms with Crippen LogP contribution in [0.1, 0.15) is 0 Å². The number of carbonyl (C=O) groups is 2. The minimum Gasteiger partial charge on any atom is -0.495 e. The molecule has 0 radical (unpaired) electrons. The Morgan fingerprint density at radius 3 is 2.23 bits per heavy atom. The number of thiocarbonyl (C=S) groups is 1. The Kier molecular flexibility index (Phi) is 3.60. The third kappa shape index (κ3) is 2.14. The molecule has 0 saturated carbocycles. The van der Waals surface area contributed by atoms with Gasteiger partial charge in [0, 0.05) is 0 Å². The molecular formula is C16H12N2O3S. The van der Waals surface area contributed by atoms with Gasteiger partial charge in [-0.1, -0.05) is 42.5 Å². The van der Waals surface area contributed by atoms with Crippen molar-refractivity contribution in [3.8, 4) is 5.75 Å². The number of amides is 3. The van der Waals surface area contributed by atoms with Crippen molar-refractivity contribution in [3.05, 3.63) is 54.6 Å². The van der Waals surface area contributed by atoms with Crippen LogP contribution in [0.3, 0.4) is 0 Å². The van der Waals surface area contributed by atoms with Gasteiger partial charge in [-0.3, -0.25) is 4.79 Å². The number of benzene rings is 2. The molecule has 0 atom stereocenters. The average molecular weight is 312 g/mol. The molecule has 1 fully saturated rings. The van der Waals surface area contributed by atoms with E-state index >= 15 is 0 Å². The van der Waals surface area contributed by atoms with Gasteiger partial charge < -0.3 is 4.74 Å². The first kappa shape index (κ1) is 14.2. The predicted molar refractivity (Wildman–Crippen MR) is 87.4 cm³/mol. The van der Waals surface area contributed by atoms with Crippen molar-refractivity contribution in [1.29, 1.82) is 0 Å². The van der Waals surface area contributed by atoms with Crippen LogP contribution in [0, 0.1) is 0 Å². The lowest BCUT2D eigenvalue weighted by Crippen LogP contribution is -2.33. The van der Waals surface area contributed by atoms with Crippen molar-refractivity contribution in [2.45, 2.75) is 0 Å². The number of para-hydroxylation sites is 3. The number of nitrogens with zero attached hydrogens (tertiary/aromatic N) is 2. The highest BCUT2D eigenvalue weighted by molar-refractivity contribution is 7.82. The van der Waals surface area contributed by atoms with Gasteiger partial charge in [0.1, 0.15) is 5.75 Å². The lowest BCUT2D eigenvalue weighted by atomic mass is 10.2. The van der Waals surface area contributed by atoms with Gasteiger partial charge in [-0.25, -0.2) is 14.6 Å². The quantitative estimate of drug-likeness (QED) is 0.646. The third-order valence-corrected chi connectivity index (χ3v) is 3.67. The van der Waals surface area contributed by atoms with Crippen molar-refractivity contribution in [1.82, 2.24) is 0 Å². The number of hydrogen-bond donors (Lipinski definition) is 0. The summed E-state index contributed by atoms with van der Waals surface area (Å²) >= 11 is 5.17. The van der Waals surface area contributed by atoms with Crippen LogP contribution in [0.5, 0.6) is 5.75 Å². The molecule has 0 N–H and O–H groups in total. The highest BCUT2D eigenvalue weighted by atomic mass is 32.1. The fourth-order valence-corrected chi connectivity index (χ4v) is 2.56. The van der Waals surface area contributed by atoms with Crippen LogP contribution in [0.4, 0.5) is 16.2 Å². The normalized spacial score (nSPS) is 14.7. The zero-order valence-electron chi connectivity index (χ0n) is 11.7. The van der Waals surface area contributed by atoms with E-state index in [-0.39, 0.29) is 4.99 Å². The Bertz CT molecular complexity index is 761. The average Bonchev–Trinajstić information content (AvgIpc) is 2.78. The summed E-state index contributed by atoms with van der Waals surface area (Å²) in [4.78, 5) is 27.3. The molecule has 3 rings (SSSR count). The van der Waals surface area contributed by atoms with Crippen molar-refractivity contribution in [2.24, 2.45) is 0 Å². The first-order valence-electron chi connectivity index (χ1n) is 6.55. The number of urea groups is 1. The standard InChI is InChI=1S/C16H12N2O3S/c1-21-13-10-6-5-9-12(13)18-15(22)14(19)17(16(18)20)11-7-3-2-4-8-11/h2-10H,1H3. The van der Waals surface area contributed by atoms with Gasteiger partial charge >= 0.3 is 6.03 Å². The number of ether oxygens (including phenoxy) is 1. The maximum absolute atomic E-state index is 12.7. The number of hydrogen-bond acceptors (Lipinski definition) is 4. The zero-order valence-corrected chi connectivity index (χ0v) is 12.5. The van der Waals surface area contributed by atoms with Crippen LogP contribution in [0.2, 0.25) is 0 Å². The Morgan fingerprint density at radius 2 is 1.55 bits per heavy atom. The number of anilines is 2. The summed E-state index contributed by atoms with van der Waals surface area (Å²) in [6.07, 6.45) is 0. The Hall–Kier alpha value is -2.73. The molecule has 2 aromatic rings. The van der Waals surface area contributed by atoms with E-state index in [1.54, 1.807) is 48.5 Å². The van der Waals surface area contributed by atoms with E-state index < -0.39 is 11.9 Å².